The van der Waals surface area contributed by atoms with Gasteiger partial charge in [0.2, 0.25) is 0 Å². The van der Waals surface area contributed by atoms with Gasteiger partial charge in [-0.25, -0.2) is 92.4 Å². The Morgan fingerprint density at radius 2 is 0.484 bits per heavy atom. The van der Waals surface area contributed by atoms with E-state index in [0.29, 0.717) is 0 Å². The van der Waals surface area contributed by atoms with Crippen molar-refractivity contribution in [3.05, 3.63) is 207 Å². The molecule has 332 valence electrons. The van der Waals surface area contributed by atoms with Gasteiger partial charge < -0.3 is 0 Å². The van der Waals surface area contributed by atoms with Crippen LogP contribution in [0.2, 0.25) is 0 Å². The number of hydrogen-bond donors (Lipinski definition) is 0. The minimum Gasteiger partial charge on any atom is -0.207 e. The fourth-order valence-electron chi connectivity index (χ4n) is 7.05. The molecule has 0 saturated heterocycles. The van der Waals surface area contributed by atoms with E-state index in [1.54, 1.807) is 0 Å². The number of rotatable bonds is 7. The third-order valence-electron chi connectivity index (χ3n) is 9.91. The average Bonchev–Trinajstić information content (AvgIpc) is 3.30. The molecule has 22 heteroatoms. The van der Waals surface area contributed by atoms with Gasteiger partial charge in [0.05, 0.1) is 0 Å². The summed E-state index contributed by atoms with van der Waals surface area (Å²) in [6, 6.07) is 25.3. The second-order valence-corrected chi connectivity index (χ2v) is 13.4. The highest BCUT2D eigenvalue weighted by Gasteiger charge is 2.52. The Kier molecular flexibility index (Phi) is 12.9. The van der Waals surface area contributed by atoms with Gasteiger partial charge in [-0.05, 0) is 11.1 Å². The molecule has 1 heterocycles. The predicted octanol–water partition coefficient (Wildman–Crippen LogP) is 9.54. The molecule has 0 atom stereocenters. The lowest BCUT2D eigenvalue weighted by molar-refractivity contribution is -0.688. The zero-order valence-corrected chi connectivity index (χ0v) is 30.9. The Labute approximate surface area is 345 Å². The summed E-state index contributed by atoms with van der Waals surface area (Å²) >= 11 is 0. The van der Waals surface area contributed by atoms with Crippen LogP contribution in [-0.2, 0) is 6.54 Å². The molecule has 0 bridgehead atoms. The summed E-state index contributed by atoms with van der Waals surface area (Å²) in [6.07, 6.45) is -2.95. The second kappa shape index (κ2) is 17.7. The number of halogens is 20. The Morgan fingerprint density at radius 3 is 0.750 bits per heavy atom. The summed E-state index contributed by atoms with van der Waals surface area (Å²) in [5.41, 5.74) is -10.5. The van der Waals surface area contributed by atoms with Crippen molar-refractivity contribution in [3.8, 4) is 11.1 Å². The van der Waals surface area contributed by atoms with E-state index in [0.717, 1.165) is 6.54 Å². The summed E-state index contributed by atoms with van der Waals surface area (Å²) in [4.78, 5) is 0. The first-order chi connectivity index (χ1) is 30.1. The van der Waals surface area contributed by atoms with Crippen LogP contribution in [0.5, 0.6) is 0 Å². The third kappa shape index (κ3) is 7.46. The molecule has 64 heavy (non-hydrogen) atoms. The number of pyridine rings is 1. The summed E-state index contributed by atoms with van der Waals surface area (Å²) in [6.45, 7) is 0.913. The van der Waals surface area contributed by atoms with Gasteiger partial charge in [-0.15, -0.1) is 21.9 Å². The predicted molar refractivity (Wildman–Crippen MR) is 187 cm³/mol. The van der Waals surface area contributed by atoms with E-state index in [1.165, 1.54) is 16.7 Å². The highest BCUT2D eigenvalue weighted by molar-refractivity contribution is 7.20. The van der Waals surface area contributed by atoms with Crippen molar-refractivity contribution in [2.24, 2.45) is 0 Å². The standard InChI is InChI=1S/C24BF20.C18H16N/c26-5-1(6(27)14(35)21(42)13(5)34)25(2-7(28)15(36)22(43)16(37)8(2)29,3-9(30)17(38)23(44)18(39)10(3)31)4-11(32)19(40)24(45)20(41)12(4)33;1-3-7-16(8-4-1)15-19-13-11-18(12-14-19)17-9-5-2-6-10-17/h;1-14H,15H2/q-1;+1. The van der Waals surface area contributed by atoms with Crippen LogP contribution in [0.1, 0.15) is 5.56 Å². The maximum Gasteiger partial charge on any atom is 0.200 e. The van der Waals surface area contributed by atoms with Gasteiger partial charge in [-0.1, -0.05) is 60.7 Å². The highest BCUT2D eigenvalue weighted by Crippen LogP contribution is 2.31. The number of hydrogen-bond acceptors (Lipinski definition) is 0. The van der Waals surface area contributed by atoms with Gasteiger partial charge in [0.15, 0.2) is 88.7 Å². The zero-order chi connectivity index (χ0) is 47.3. The lowest BCUT2D eigenvalue weighted by atomic mass is 9.12. The lowest BCUT2D eigenvalue weighted by Crippen LogP contribution is -2.81. The van der Waals surface area contributed by atoms with Crippen molar-refractivity contribution in [1.29, 1.82) is 0 Å². The van der Waals surface area contributed by atoms with Crippen LogP contribution in [-0.4, -0.2) is 6.15 Å². The average molecular weight is 925 g/mol. The molecule has 0 amide bonds. The summed E-state index contributed by atoms with van der Waals surface area (Å²) in [5.74, 6) is -71.4. The molecule has 0 unspecified atom stereocenters. The molecule has 0 aliphatic rings. The Morgan fingerprint density at radius 1 is 0.266 bits per heavy atom. The summed E-state index contributed by atoms with van der Waals surface area (Å²) in [7, 11) is 0. The number of aromatic nitrogens is 1. The number of nitrogens with zero attached hydrogens (tertiary/aromatic N) is 1. The fraction of sp³-hybridized carbons (Fsp3) is 0.0238. The molecule has 0 fully saturated rings. The van der Waals surface area contributed by atoms with E-state index in [2.05, 4.69) is 77.6 Å². The molecule has 7 aromatic rings. The van der Waals surface area contributed by atoms with Crippen molar-refractivity contribution in [1.82, 2.24) is 0 Å². The minimum absolute atomic E-state index is 0.913. The molecular weight excluding hydrogens is 909 g/mol. The molecule has 6 aromatic carbocycles. The van der Waals surface area contributed by atoms with Crippen LogP contribution in [0.15, 0.2) is 85.2 Å². The summed E-state index contributed by atoms with van der Waals surface area (Å²) in [5, 5.41) is 0. The molecular formula is C42H16BF20N. The van der Waals surface area contributed by atoms with Crippen LogP contribution in [0.3, 0.4) is 0 Å². The van der Waals surface area contributed by atoms with E-state index in [-0.39, 0.29) is 0 Å². The van der Waals surface area contributed by atoms with Crippen molar-refractivity contribution < 1.29 is 92.4 Å². The Hall–Kier alpha value is -6.87. The van der Waals surface area contributed by atoms with Crippen molar-refractivity contribution in [2.45, 2.75) is 6.54 Å². The van der Waals surface area contributed by atoms with E-state index < -0.39 is 144 Å². The largest absolute Gasteiger partial charge is 0.207 e. The van der Waals surface area contributed by atoms with E-state index in [1.807, 2.05) is 12.1 Å². The zero-order valence-electron chi connectivity index (χ0n) is 30.9. The van der Waals surface area contributed by atoms with Crippen molar-refractivity contribution in [2.75, 3.05) is 0 Å². The first kappa shape index (κ1) is 46.6. The van der Waals surface area contributed by atoms with Gasteiger partial charge >= 0.3 is 0 Å². The first-order valence-electron chi connectivity index (χ1n) is 17.4. The maximum atomic E-state index is 15.4. The smallest absolute Gasteiger partial charge is 0.200 e. The molecule has 1 nitrogen and oxygen atoms in total. The van der Waals surface area contributed by atoms with Crippen LogP contribution in [0, 0.1) is 116 Å². The maximum absolute atomic E-state index is 15.4. The van der Waals surface area contributed by atoms with Crippen LogP contribution in [0.4, 0.5) is 87.8 Å². The van der Waals surface area contributed by atoms with E-state index in [4.69, 9.17) is 0 Å². The SMILES string of the molecule is Fc1c(F)c(F)c([B-](c2c(F)c(F)c(F)c(F)c2F)(c2c(F)c(F)c(F)c(F)c2F)c2c(F)c(F)c(F)c(F)c2F)c(F)c1F.c1ccc(C[n+]2ccc(-c3ccccc3)cc2)cc1. The van der Waals surface area contributed by atoms with E-state index >= 15 is 35.1 Å². The molecule has 7 rings (SSSR count). The quantitative estimate of drug-likeness (QED) is 0.0494. The second-order valence-electron chi connectivity index (χ2n) is 13.4. The van der Waals surface area contributed by atoms with Gasteiger partial charge in [0.25, 0.3) is 0 Å². The van der Waals surface area contributed by atoms with E-state index in [9.17, 15) is 52.7 Å². The van der Waals surface area contributed by atoms with Gasteiger partial charge in [0.1, 0.15) is 52.7 Å². The monoisotopic (exact) mass is 925 g/mol. The van der Waals surface area contributed by atoms with Gasteiger partial charge in [0, 0.05) is 17.7 Å². The van der Waals surface area contributed by atoms with Crippen molar-refractivity contribution in [3.63, 3.8) is 0 Å². The molecule has 0 N–H and O–H groups in total. The van der Waals surface area contributed by atoms with Crippen molar-refractivity contribution >= 4 is 28.0 Å². The normalized spacial score (nSPS) is 11.5. The first-order valence-corrected chi connectivity index (χ1v) is 17.4. The molecule has 0 saturated carbocycles. The minimum atomic E-state index is -7.22. The molecule has 0 aliphatic heterocycles. The molecule has 0 spiro atoms. The van der Waals surface area contributed by atoms with Gasteiger partial charge in [-0.2, -0.15) is 0 Å². The topological polar surface area (TPSA) is 3.88 Å². The summed E-state index contributed by atoms with van der Waals surface area (Å²) < 4.78 is 296. The third-order valence-corrected chi connectivity index (χ3v) is 9.91. The van der Waals surface area contributed by atoms with Gasteiger partial charge in [-0.3, -0.25) is 0 Å². The Bertz CT molecular complexity index is 2570. The molecule has 0 aliphatic carbocycles. The van der Waals surface area contributed by atoms with Crippen LogP contribution < -0.4 is 26.4 Å². The number of benzene rings is 6. The molecule has 0 radical (unpaired) electrons. The highest BCUT2D eigenvalue weighted by atomic mass is 19.2. The fourth-order valence-corrected chi connectivity index (χ4v) is 7.05. The Balaban J connectivity index is 0.000000295. The lowest BCUT2D eigenvalue weighted by Gasteiger charge is -2.44. The van der Waals surface area contributed by atoms with Crippen LogP contribution in [0.25, 0.3) is 11.1 Å². The van der Waals surface area contributed by atoms with Crippen LogP contribution >= 0.6 is 0 Å². The molecule has 1 aromatic heterocycles.